The van der Waals surface area contributed by atoms with Gasteiger partial charge in [0.25, 0.3) is 0 Å². The van der Waals surface area contributed by atoms with E-state index in [0.29, 0.717) is 24.7 Å². The zero-order chi connectivity index (χ0) is 21.9. The number of fused-ring (bicyclic) bond motifs is 1. The summed E-state index contributed by atoms with van der Waals surface area (Å²) in [7, 11) is 0. The fourth-order valence-corrected chi connectivity index (χ4v) is 4.81. The Kier molecular flexibility index (Phi) is 5.77. The third-order valence-corrected chi connectivity index (χ3v) is 6.74. The summed E-state index contributed by atoms with van der Waals surface area (Å²) in [6, 6.07) is 15.3. The number of amides is 1. The van der Waals surface area contributed by atoms with Crippen LogP contribution in [0.4, 0.5) is 5.13 Å². The number of anilines is 1. The number of aromatic nitrogens is 4. The Morgan fingerprint density at radius 3 is 2.69 bits per heavy atom. The third kappa shape index (κ3) is 4.45. The van der Waals surface area contributed by atoms with E-state index in [1.165, 1.54) is 0 Å². The van der Waals surface area contributed by atoms with Crippen LogP contribution in [-0.2, 0) is 17.9 Å². The molecule has 0 aliphatic heterocycles. The Hall–Kier alpha value is -3.39. The molecule has 7 nitrogen and oxygen atoms in total. The number of carbonyl (C=O) groups is 1. The number of thiazole rings is 1. The Morgan fingerprint density at radius 2 is 1.94 bits per heavy atom. The maximum Gasteiger partial charge on any atom is 0.242 e. The van der Waals surface area contributed by atoms with Crippen molar-refractivity contribution >= 4 is 32.7 Å². The molecule has 1 N–H and O–H groups in total. The van der Waals surface area contributed by atoms with E-state index in [4.69, 9.17) is 4.98 Å². The lowest BCUT2D eigenvalue weighted by Gasteiger charge is -2.27. The fourth-order valence-electron chi connectivity index (χ4n) is 3.64. The molecule has 4 aromatic rings. The number of hydrogen-bond acceptors (Lipinski definition) is 7. The first-order valence-corrected chi connectivity index (χ1v) is 11.6. The molecular formula is C24H24N6OS. The molecule has 0 spiro atoms. The second-order valence-electron chi connectivity index (χ2n) is 8.01. The van der Waals surface area contributed by atoms with Gasteiger partial charge in [0, 0.05) is 18.7 Å². The lowest BCUT2D eigenvalue weighted by Crippen LogP contribution is -2.45. The highest BCUT2D eigenvalue weighted by molar-refractivity contribution is 7.22. The second-order valence-corrected chi connectivity index (χ2v) is 8.99. The molecule has 1 amide bonds. The normalized spacial score (nSPS) is 14.3. The minimum absolute atomic E-state index is 0.0578. The van der Waals surface area contributed by atoms with Crippen molar-refractivity contribution in [2.24, 2.45) is 0 Å². The second kappa shape index (κ2) is 9.00. The number of rotatable bonds is 8. The smallest absolute Gasteiger partial charge is 0.242 e. The molecule has 1 aromatic carbocycles. The largest absolute Gasteiger partial charge is 0.350 e. The molecule has 0 saturated heterocycles. The van der Waals surface area contributed by atoms with Crippen LogP contribution in [0.25, 0.3) is 10.3 Å². The molecule has 1 aliphatic rings. The van der Waals surface area contributed by atoms with Crippen molar-refractivity contribution in [3.8, 4) is 0 Å². The molecular weight excluding hydrogens is 420 g/mol. The molecule has 1 atom stereocenters. The first-order chi connectivity index (χ1) is 15.7. The summed E-state index contributed by atoms with van der Waals surface area (Å²) in [4.78, 5) is 33.3. The summed E-state index contributed by atoms with van der Waals surface area (Å²) in [5, 5.41) is 3.82. The van der Waals surface area contributed by atoms with Gasteiger partial charge in [0.15, 0.2) is 10.8 Å². The standard InChI is InChI=1S/C24H24N6OS/c1-16(23(31)26-13-17-7-3-2-4-8-17)30(14-19-9-5-6-12-25-19)24-29-22-21(32-24)20(18-10-11-18)27-15-28-22/h2-9,12,15-16,18H,10-11,13-14H2,1H3,(H,26,31)/t16-/m1/s1. The Bertz CT molecular complexity index is 1210. The number of nitrogens with one attached hydrogen (secondary N) is 1. The molecule has 0 radical (unpaired) electrons. The van der Waals surface area contributed by atoms with Crippen LogP contribution >= 0.6 is 11.3 Å². The van der Waals surface area contributed by atoms with Crippen LogP contribution in [0.5, 0.6) is 0 Å². The van der Waals surface area contributed by atoms with Crippen molar-refractivity contribution < 1.29 is 4.79 Å². The van der Waals surface area contributed by atoms with Crippen LogP contribution < -0.4 is 10.2 Å². The van der Waals surface area contributed by atoms with E-state index in [1.54, 1.807) is 23.9 Å². The molecule has 0 unspecified atom stereocenters. The highest BCUT2D eigenvalue weighted by Crippen LogP contribution is 2.44. The SMILES string of the molecule is C[C@H](C(=O)NCc1ccccc1)N(Cc1ccccn1)c1nc2ncnc(C3CC3)c2s1. The highest BCUT2D eigenvalue weighted by Gasteiger charge is 2.30. The monoisotopic (exact) mass is 444 g/mol. The summed E-state index contributed by atoms with van der Waals surface area (Å²) in [6.45, 7) is 2.87. The summed E-state index contributed by atoms with van der Waals surface area (Å²) >= 11 is 1.56. The molecule has 5 rings (SSSR count). The number of benzene rings is 1. The summed E-state index contributed by atoms with van der Waals surface area (Å²) in [5.41, 5.74) is 3.72. The average molecular weight is 445 g/mol. The Labute approximate surface area is 190 Å². The van der Waals surface area contributed by atoms with Gasteiger partial charge in [-0.05, 0) is 37.5 Å². The maximum atomic E-state index is 13.1. The van der Waals surface area contributed by atoms with Crippen LogP contribution in [0.2, 0.25) is 0 Å². The first kappa shape index (κ1) is 20.5. The molecule has 8 heteroatoms. The minimum Gasteiger partial charge on any atom is -0.350 e. The Morgan fingerprint density at radius 1 is 1.12 bits per heavy atom. The van der Waals surface area contributed by atoms with Gasteiger partial charge in [-0.1, -0.05) is 47.7 Å². The molecule has 1 aliphatic carbocycles. The quantitative estimate of drug-likeness (QED) is 0.441. The molecule has 3 heterocycles. The van der Waals surface area contributed by atoms with Gasteiger partial charge in [0.1, 0.15) is 12.4 Å². The van der Waals surface area contributed by atoms with Crippen LogP contribution in [0, 0.1) is 0 Å². The van der Waals surface area contributed by atoms with Gasteiger partial charge in [-0.25, -0.2) is 9.97 Å². The van der Waals surface area contributed by atoms with E-state index >= 15 is 0 Å². The molecule has 3 aromatic heterocycles. The highest BCUT2D eigenvalue weighted by atomic mass is 32.1. The molecule has 1 fully saturated rings. The lowest BCUT2D eigenvalue weighted by atomic mass is 10.2. The van der Waals surface area contributed by atoms with Crippen molar-refractivity contribution in [2.75, 3.05) is 4.90 Å². The number of nitrogens with zero attached hydrogens (tertiary/aromatic N) is 5. The van der Waals surface area contributed by atoms with Crippen LogP contribution in [0.3, 0.4) is 0 Å². The summed E-state index contributed by atoms with van der Waals surface area (Å²) in [6.07, 6.45) is 5.69. The van der Waals surface area contributed by atoms with Gasteiger partial charge in [-0.2, -0.15) is 4.98 Å². The Balaban J connectivity index is 1.43. The minimum atomic E-state index is -0.432. The van der Waals surface area contributed by atoms with Crippen molar-refractivity contribution in [2.45, 2.75) is 44.8 Å². The van der Waals surface area contributed by atoms with E-state index in [1.807, 2.05) is 60.4 Å². The molecule has 32 heavy (non-hydrogen) atoms. The van der Waals surface area contributed by atoms with E-state index in [2.05, 4.69) is 20.3 Å². The van der Waals surface area contributed by atoms with Gasteiger partial charge in [0.05, 0.1) is 22.6 Å². The zero-order valence-electron chi connectivity index (χ0n) is 17.8. The third-order valence-electron chi connectivity index (χ3n) is 5.63. The van der Waals surface area contributed by atoms with Crippen molar-refractivity contribution in [3.05, 3.63) is 78.0 Å². The van der Waals surface area contributed by atoms with Crippen molar-refractivity contribution in [3.63, 3.8) is 0 Å². The van der Waals surface area contributed by atoms with E-state index < -0.39 is 6.04 Å². The van der Waals surface area contributed by atoms with Gasteiger partial charge in [-0.15, -0.1) is 0 Å². The molecule has 1 saturated carbocycles. The van der Waals surface area contributed by atoms with Crippen LogP contribution in [-0.4, -0.2) is 31.9 Å². The van der Waals surface area contributed by atoms with E-state index in [9.17, 15) is 4.79 Å². The van der Waals surface area contributed by atoms with Gasteiger partial charge in [-0.3, -0.25) is 9.78 Å². The predicted octanol–water partition coefficient (Wildman–Crippen LogP) is 4.07. The number of carbonyl (C=O) groups excluding carboxylic acids is 1. The topological polar surface area (TPSA) is 83.9 Å². The maximum absolute atomic E-state index is 13.1. The molecule has 0 bridgehead atoms. The lowest BCUT2D eigenvalue weighted by molar-refractivity contribution is -0.122. The first-order valence-electron chi connectivity index (χ1n) is 10.8. The van der Waals surface area contributed by atoms with E-state index in [0.717, 1.165) is 39.6 Å². The fraction of sp³-hybridized carbons (Fsp3) is 0.292. The van der Waals surface area contributed by atoms with Crippen LogP contribution in [0.15, 0.2) is 61.1 Å². The number of hydrogen-bond donors (Lipinski definition) is 1. The van der Waals surface area contributed by atoms with Crippen LogP contribution in [0.1, 0.15) is 42.6 Å². The summed E-state index contributed by atoms with van der Waals surface area (Å²) < 4.78 is 1.02. The average Bonchev–Trinajstić information content (AvgIpc) is 3.59. The van der Waals surface area contributed by atoms with Crippen molar-refractivity contribution in [1.82, 2.24) is 25.3 Å². The van der Waals surface area contributed by atoms with Gasteiger partial charge in [0.2, 0.25) is 5.91 Å². The predicted molar refractivity (Wildman–Crippen MR) is 125 cm³/mol. The van der Waals surface area contributed by atoms with Gasteiger partial charge >= 0.3 is 0 Å². The van der Waals surface area contributed by atoms with Gasteiger partial charge < -0.3 is 10.2 Å². The number of pyridine rings is 1. The van der Waals surface area contributed by atoms with E-state index in [-0.39, 0.29) is 5.91 Å². The molecule has 162 valence electrons. The van der Waals surface area contributed by atoms with Crippen molar-refractivity contribution in [1.29, 1.82) is 0 Å². The summed E-state index contributed by atoms with van der Waals surface area (Å²) in [5.74, 6) is 0.446. The zero-order valence-corrected chi connectivity index (χ0v) is 18.6.